The van der Waals surface area contributed by atoms with Crippen LogP contribution in [-0.4, -0.2) is 24.2 Å². The molecule has 0 aliphatic rings. The van der Waals surface area contributed by atoms with Gasteiger partial charge >= 0.3 is 0 Å². The first-order valence-corrected chi connectivity index (χ1v) is 8.05. The van der Waals surface area contributed by atoms with Crippen LogP contribution in [-0.2, 0) is 6.54 Å². The fourth-order valence-corrected chi connectivity index (χ4v) is 2.53. The van der Waals surface area contributed by atoms with E-state index in [1.807, 2.05) is 24.4 Å². The van der Waals surface area contributed by atoms with Crippen LogP contribution in [0.2, 0.25) is 0 Å². The normalized spacial score (nSPS) is 12.4. The Morgan fingerprint density at radius 2 is 2.00 bits per heavy atom. The Balaban J connectivity index is 0.00000264. The van der Waals surface area contributed by atoms with E-state index >= 15 is 0 Å². The molecule has 0 amide bonds. The Morgan fingerprint density at radius 1 is 1.26 bits per heavy atom. The van der Waals surface area contributed by atoms with Crippen LogP contribution in [0.15, 0.2) is 46.8 Å². The highest BCUT2D eigenvalue weighted by molar-refractivity contribution is 14.0. The molecule has 126 valence electrons. The molecule has 0 aliphatic heterocycles. The average Bonchev–Trinajstić information content (AvgIpc) is 3.04. The van der Waals surface area contributed by atoms with Crippen LogP contribution in [0, 0.1) is 5.82 Å². The molecule has 3 N–H and O–H groups in total. The monoisotopic (exact) mass is 449 g/mol. The van der Waals surface area contributed by atoms with Crippen LogP contribution in [0.1, 0.15) is 23.5 Å². The zero-order valence-corrected chi connectivity index (χ0v) is 16.0. The fourth-order valence-electron chi connectivity index (χ4n) is 1.90. The van der Waals surface area contributed by atoms with Crippen LogP contribution < -0.4 is 10.6 Å². The minimum atomic E-state index is -0.716. The Bertz CT molecular complexity index is 590. The number of rotatable bonds is 6. The smallest absolute Gasteiger partial charge is 0.191 e. The summed E-state index contributed by atoms with van der Waals surface area (Å²) in [5, 5.41) is 18.4. The predicted octanol–water partition coefficient (Wildman–Crippen LogP) is 3.29. The van der Waals surface area contributed by atoms with Gasteiger partial charge in [0.05, 0.1) is 12.6 Å². The van der Waals surface area contributed by atoms with E-state index in [4.69, 9.17) is 0 Å². The zero-order valence-electron chi connectivity index (χ0n) is 12.8. The van der Waals surface area contributed by atoms with Crippen molar-refractivity contribution in [3.05, 3.63) is 58.0 Å². The third kappa shape index (κ3) is 6.84. The Hall–Kier alpha value is -1.19. The molecule has 4 nitrogen and oxygen atoms in total. The summed E-state index contributed by atoms with van der Waals surface area (Å²) in [4.78, 5) is 5.65. The SMILES string of the molecule is CCNC(=NCc1cccs1)NCC(O)c1ccc(F)cc1.I. The van der Waals surface area contributed by atoms with Gasteiger partial charge in [-0.25, -0.2) is 9.38 Å². The molecule has 0 bridgehead atoms. The highest BCUT2D eigenvalue weighted by Gasteiger charge is 2.08. The second-order valence-corrected chi connectivity index (χ2v) is 5.76. The highest BCUT2D eigenvalue weighted by atomic mass is 127. The first-order valence-electron chi connectivity index (χ1n) is 7.17. The summed E-state index contributed by atoms with van der Waals surface area (Å²) in [6.07, 6.45) is -0.716. The number of thiophene rings is 1. The van der Waals surface area contributed by atoms with Gasteiger partial charge in [0, 0.05) is 18.0 Å². The standard InChI is InChI=1S/C16H20FN3OS.HI/c1-2-18-16(19-10-14-4-3-9-22-14)20-11-15(21)12-5-7-13(17)8-6-12;/h3-9,15,21H,2,10-11H2,1H3,(H2,18,19,20);1H. The van der Waals surface area contributed by atoms with Crippen LogP contribution >= 0.6 is 35.3 Å². The number of benzene rings is 1. The molecule has 23 heavy (non-hydrogen) atoms. The van der Waals surface area contributed by atoms with Gasteiger partial charge in [-0.3, -0.25) is 0 Å². The Kier molecular flexibility index (Phi) is 9.12. The van der Waals surface area contributed by atoms with Crippen molar-refractivity contribution >= 4 is 41.3 Å². The zero-order chi connectivity index (χ0) is 15.8. The lowest BCUT2D eigenvalue weighted by molar-refractivity contribution is 0.180. The number of hydrogen-bond acceptors (Lipinski definition) is 3. The molecule has 0 saturated carbocycles. The maximum Gasteiger partial charge on any atom is 0.191 e. The lowest BCUT2D eigenvalue weighted by atomic mass is 10.1. The van der Waals surface area contributed by atoms with Crippen molar-refractivity contribution in [2.45, 2.75) is 19.6 Å². The first kappa shape index (κ1) is 19.9. The van der Waals surface area contributed by atoms with Crippen molar-refractivity contribution in [1.82, 2.24) is 10.6 Å². The number of aliphatic hydroxyl groups excluding tert-OH is 1. The molecular formula is C16H21FIN3OS. The minimum absolute atomic E-state index is 0. The van der Waals surface area contributed by atoms with Crippen LogP contribution in [0.5, 0.6) is 0 Å². The number of hydrogen-bond donors (Lipinski definition) is 3. The van der Waals surface area contributed by atoms with Gasteiger partial charge in [0.2, 0.25) is 0 Å². The molecule has 0 saturated heterocycles. The number of guanidine groups is 1. The minimum Gasteiger partial charge on any atom is -0.387 e. The van der Waals surface area contributed by atoms with Gasteiger partial charge in [-0.05, 0) is 36.1 Å². The number of aliphatic hydroxyl groups is 1. The quantitative estimate of drug-likeness (QED) is 0.361. The van der Waals surface area contributed by atoms with Crippen molar-refractivity contribution in [2.24, 2.45) is 4.99 Å². The van der Waals surface area contributed by atoms with Crippen molar-refractivity contribution in [1.29, 1.82) is 0 Å². The van der Waals surface area contributed by atoms with Crippen molar-refractivity contribution in [2.75, 3.05) is 13.1 Å². The second-order valence-electron chi connectivity index (χ2n) is 4.72. The van der Waals surface area contributed by atoms with Crippen LogP contribution in [0.4, 0.5) is 4.39 Å². The van der Waals surface area contributed by atoms with E-state index in [-0.39, 0.29) is 29.8 Å². The molecule has 1 aromatic heterocycles. The number of nitrogens with one attached hydrogen (secondary N) is 2. The van der Waals surface area contributed by atoms with Gasteiger partial charge in [-0.15, -0.1) is 35.3 Å². The first-order chi connectivity index (χ1) is 10.7. The molecule has 1 heterocycles. The van der Waals surface area contributed by atoms with Crippen LogP contribution in [0.3, 0.4) is 0 Å². The van der Waals surface area contributed by atoms with E-state index in [2.05, 4.69) is 15.6 Å². The summed E-state index contributed by atoms with van der Waals surface area (Å²) >= 11 is 1.66. The second kappa shape index (κ2) is 10.6. The number of nitrogens with zero attached hydrogens (tertiary/aromatic N) is 1. The molecule has 7 heteroatoms. The molecule has 0 radical (unpaired) electrons. The largest absolute Gasteiger partial charge is 0.387 e. The summed E-state index contributed by atoms with van der Waals surface area (Å²) in [5.74, 6) is 0.340. The molecule has 1 aromatic carbocycles. The molecular weight excluding hydrogens is 428 g/mol. The molecule has 0 spiro atoms. The molecule has 2 rings (SSSR count). The fraction of sp³-hybridized carbons (Fsp3) is 0.312. The van der Waals surface area contributed by atoms with Gasteiger partial charge in [-0.1, -0.05) is 18.2 Å². The van der Waals surface area contributed by atoms with Gasteiger partial charge < -0.3 is 15.7 Å². The molecule has 1 atom stereocenters. The van der Waals surface area contributed by atoms with Gasteiger partial charge in [0.25, 0.3) is 0 Å². The van der Waals surface area contributed by atoms with Gasteiger partial charge in [0.1, 0.15) is 5.82 Å². The molecule has 1 unspecified atom stereocenters. The third-order valence-corrected chi connectivity index (χ3v) is 3.90. The van der Waals surface area contributed by atoms with E-state index in [0.29, 0.717) is 24.6 Å². The van der Waals surface area contributed by atoms with E-state index < -0.39 is 6.10 Å². The topological polar surface area (TPSA) is 56.7 Å². The lowest BCUT2D eigenvalue weighted by Crippen LogP contribution is -2.39. The van der Waals surface area contributed by atoms with E-state index in [1.165, 1.54) is 17.0 Å². The lowest BCUT2D eigenvalue weighted by Gasteiger charge is -2.15. The number of halogens is 2. The third-order valence-electron chi connectivity index (χ3n) is 3.03. The maximum absolute atomic E-state index is 12.9. The predicted molar refractivity (Wildman–Crippen MR) is 104 cm³/mol. The van der Waals surface area contributed by atoms with Crippen molar-refractivity contribution < 1.29 is 9.50 Å². The summed E-state index contributed by atoms with van der Waals surface area (Å²) in [6, 6.07) is 9.87. The van der Waals surface area contributed by atoms with Gasteiger partial charge in [0.15, 0.2) is 5.96 Å². The van der Waals surface area contributed by atoms with E-state index in [1.54, 1.807) is 23.5 Å². The number of aliphatic imine (C=N–C) groups is 1. The Labute approximate surface area is 156 Å². The summed E-state index contributed by atoms with van der Waals surface area (Å²) in [6.45, 7) is 3.63. The average molecular weight is 449 g/mol. The summed E-state index contributed by atoms with van der Waals surface area (Å²) in [7, 11) is 0. The van der Waals surface area contributed by atoms with Crippen LogP contribution in [0.25, 0.3) is 0 Å². The molecule has 0 fully saturated rings. The molecule has 2 aromatic rings. The summed E-state index contributed by atoms with van der Waals surface area (Å²) in [5.41, 5.74) is 0.669. The Morgan fingerprint density at radius 3 is 2.61 bits per heavy atom. The van der Waals surface area contributed by atoms with E-state index in [0.717, 1.165) is 6.54 Å². The molecule has 0 aliphatic carbocycles. The van der Waals surface area contributed by atoms with Gasteiger partial charge in [-0.2, -0.15) is 0 Å². The maximum atomic E-state index is 12.9. The highest BCUT2D eigenvalue weighted by Crippen LogP contribution is 2.12. The van der Waals surface area contributed by atoms with E-state index in [9.17, 15) is 9.50 Å². The van der Waals surface area contributed by atoms with Crippen molar-refractivity contribution in [3.63, 3.8) is 0 Å². The summed E-state index contributed by atoms with van der Waals surface area (Å²) < 4.78 is 12.9. The van der Waals surface area contributed by atoms with Crippen molar-refractivity contribution in [3.8, 4) is 0 Å².